The van der Waals surface area contributed by atoms with Gasteiger partial charge in [-0.15, -0.1) is 0 Å². The summed E-state index contributed by atoms with van der Waals surface area (Å²) in [7, 11) is 0. The third-order valence-electron chi connectivity index (χ3n) is 4.53. The highest BCUT2D eigenvalue weighted by Gasteiger charge is 2.28. The van der Waals surface area contributed by atoms with Crippen LogP contribution in [0.25, 0.3) is 0 Å². The van der Waals surface area contributed by atoms with E-state index in [-0.39, 0.29) is 6.03 Å². The smallest absolute Gasteiger partial charge is 0.326 e. The molecule has 3 aromatic rings. The maximum absolute atomic E-state index is 12.9. The first-order valence-electron chi connectivity index (χ1n) is 8.79. The molecular weight excluding hydrogens is 360 g/mol. The van der Waals surface area contributed by atoms with Gasteiger partial charge in [0.1, 0.15) is 0 Å². The van der Waals surface area contributed by atoms with E-state index < -0.39 is 0 Å². The first kappa shape index (κ1) is 17.4. The molecule has 1 aliphatic rings. The number of nitrogens with zero attached hydrogens (tertiary/aromatic N) is 3. The van der Waals surface area contributed by atoms with E-state index in [9.17, 15) is 4.79 Å². The number of carbonyl (C=O) groups is 1. The van der Waals surface area contributed by atoms with Gasteiger partial charge in [-0.25, -0.2) is 9.78 Å². The second-order valence-electron chi connectivity index (χ2n) is 6.31. The molecule has 0 aliphatic carbocycles. The summed E-state index contributed by atoms with van der Waals surface area (Å²) < 4.78 is 0. The number of para-hydroxylation sites is 1. The zero-order valence-electron chi connectivity index (χ0n) is 14.7. The number of urea groups is 1. The number of nitrogens with one attached hydrogen (secondary N) is 1. The predicted octanol–water partition coefficient (Wildman–Crippen LogP) is 4.79. The molecule has 0 saturated carbocycles. The Morgan fingerprint density at radius 2 is 1.78 bits per heavy atom. The number of aromatic nitrogens is 1. The van der Waals surface area contributed by atoms with E-state index in [1.165, 1.54) is 5.56 Å². The average molecular weight is 379 g/mol. The summed E-state index contributed by atoms with van der Waals surface area (Å²) >= 11 is 6.17. The molecule has 0 saturated heterocycles. The SMILES string of the molecule is O=C(Nc1ccccc1Cl)N1CCN(Cc2ccccc2)c2ncccc21. The van der Waals surface area contributed by atoms with Gasteiger partial charge in [0.15, 0.2) is 5.82 Å². The molecule has 0 unspecified atom stereocenters. The summed E-state index contributed by atoms with van der Waals surface area (Å²) in [5.74, 6) is 0.807. The Labute approximate surface area is 163 Å². The minimum Gasteiger partial charge on any atom is -0.349 e. The molecule has 5 nitrogen and oxygen atoms in total. The molecule has 0 fully saturated rings. The Balaban J connectivity index is 1.57. The van der Waals surface area contributed by atoms with Crippen molar-refractivity contribution in [2.45, 2.75) is 6.54 Å². The van der Waals surface area contributed by atoms with E-state index in [0.29, 0.717) is 23.8 Å². The lowest BCUT2D eigenvalue weighted by Crippen LogP contribution is -2.46. The van der Waals surface area contributed by atoms with Gasteiger partial charge in [0.05, 0.1) is 16.4 Å². The summed E-state index contributed by atoms with van der Waals surface area (Å²) in [4.78, 5) is 21.3. The molecule has 0 atom stereocenters. The van der Waals surface area contributed by atoms with Gasteiger partial charge in [-0.2, -0.15) is 0 Å². The van der Waals surface area contributed by atoms with Crippen molar-refractivity contribution < 1.29 is 4.79 Å². The second-order valence-corrected chi connectivity index (χ2v) is 6.72. The van der Waals surface area contributed by atoms with Gasteiger partial charge in [-0.1, -0.05) is 54.1 Å². The van der Waals surface area contributed by atoms with Crippen molar-refractivity contribution in [2.24, 2.45) is 0 Å². The maximum Gasteiger partial charge on any atom is 0.326 e. The van der Waals surface area contributed by atoms with Gasteiger partial charge < -0.3 is 10.2 Å². The van der Waals surface area contributed by atoms with Crippen molar-refractivity contribution in [3.8, 4) is 0 Å². The van der Waals surface area contributed by atoms with Gasteiger partial charge in [0.25, 0.3) is 0 Å². The lowest BCUT2D eigenvalue weighted by atomic mass is 10.2. The van der Waals surface area contributed by atoms with Crippen molar-refractivity contribution in [1.82, 2.24) is 4.98 Å². The lowest BCUT2D eigenvalue weighted by molar-refractivity contribution is 0.256. The van der Waals surface area contributed by atoms with Gasteiger partial charge in [-0.3, -0.25) is 4.90 Å². The maximum atomic E-state index is 12.9. The molecule has 136 valence electrons. The number of amides is 2. The number of hydrogen-bond donors (Lipinski definition) is 1. The van der Waals surface area contributed by atoms with Crippen molar-refractivity contribution in [3.63, 3.8) is 0 Å². The van der Waals surface area contributed by atoms with Crippen molar-refractivity contribution in [2.75, 3.05) is 28.2 Å². The van der Waals surface area contributed by atoms with Crippen molar-refractivity contribution >= 4 is 34.8 Å². The Kier molecular flexibility index (Phi) is 4.94. The topological polar surface area (TPSA) is 48.5 Å². The molecule has 1 N–H and O–H groups in total. The molecule has 0 radical (unpaired) electrons. The molecule has 0 bridgehead atoms. The Hall–Kier alpha value is -3.05. The minimum absolute atomic E-state index is 0.211. The second kappa shape index (κ2) is 7.68. The molecule has 1 aromatic heterocycles. The number of halogens is 1. The molecular formula is C21H19ClN4O. The van der Waals surface area contributed by atoms with Crippen LogP contribution in [0.1, 0.15) is 5.56 Å². The standard InChI is InChI=1S/C21H19ClN4O/c22-17-9-4-5-10-18(17)24-21(27)26-14-13-25(15-16-7-2-1-3-8-16)20-19(26)11-6-12-23-20/h1-12H,13-15H2,(H,24,27). The molecule has 4 rings (SSSR count). The highest BCUT2D eigenvalue weighted by Crippen LogP contribution is 2.32. The van der Waals surface area contributed by atoms with Gasteiger partial charge in [0.2, 0.25) is 0 Å². The number of pyridine rings is 1. The molecule has 2 aromatic carbocycles. The number of benzene rings is 2. The van der Waals surface area contributed by atoms with E-state index >= 15 is 0 Å². The molecule has 0 spiro atoms. The van der Waals surface area contributed by atoms with E-state index in [4.69, 9.17) is 11.6 Å². The van der Waals surface area contributed by atoms with Crippen LogP contribution in [-0.4, -0.2) is 24.1 Å². The normalized spacial score (nSPS) is 13.2. The molecule has 1 aliphatic heterocycles. The average Bonchev–Trinajstić information content (AvgIpc) is 2.71. The predicted molar refractivity (Wildman–Crippen MR) is 110 cm³/mol. The van der Waals surface area contributed by atoms with Gasteiger partial charge in [-0.05, 0) is 29.8 Å². The van der Waals surface area contributed by atoms with E-state index in [0.717, 1.165) is 18.1 Å². The van der Waals surface area contributed by atoms with Crippen LogP contribution in [0.2, 0.25) is 5.02 Å². The Morgan fingerprint density at radius 3 is 2.59 bits per heavy atom. The van der Waals surface area contributed by atoms with E-state index in [1.807, 2.05) is 42.5 Å². The van der Waals surface area contributed by atoms with Crippen LogP contribution < -0.4 is 15.1 Å². The van der Waals surface area contributed by atoms with Crippen LogP contribution in [-0.2, 0) is 6.54 Å². The minimum atomic E-state index is -0.211. The van der Waals surface area contributed by atoms with E-state index in [2.05, 4.69) is 27.3 Å². The van der Waals surface area contributed by atoms with Crippen LogP contribution in [0.4, 0.5) is 22.0 Å². The van der Waals surface area contributed by atoms with Crippen LogP contribution in [0.15, 0.2) is 72.9 Å². The summed E-state index contributed by atoms with van der Waals surface area (Å²) in [6.45, 7) is 2.03. The number of fused-ring (bicyclic) bond motifs is 1. The van der Waals surface area contributed by atoms with Crippen LogP contribution in [0.5, 0.6) is 0 Å². The number of carbonyl (C=O) groups excluding carboxylic acids is 1. The lowest BCUT2D eigenvalue weighted by Gasteiger charge is -2.36. The zero-order valence-corrected chi connectivity index (χ0v) is 15.4. The fraction of sp³-hybridized carbons (Fsp3) is 0.143. The fourth-order valence-corrected chi connectivity index (χ4v) is 3.39. The fourth-order valence-electron chi connectivity index (χ4n) is 3.20. The number of rotatable bonds is 3. The molecule has 2 amide bonds. The third-order valence-corrected chi connectivity index (χ3v) is 4.86. The molecule has 2 heterocycles. The van der Waals surface area contributed by atoms with Crippen molar-refractivity contribution in [1.29, 1.82) is 0 Å². The number of hydrogen-bond acceptors (Lipinski definition) is 3. The zero-order chi connectivity index (χ0) is 18.6. The summed E-state index contributed by atoms with van der Waals surface area (Å²) in [5, 5.41) is 3.41. The van der Waals surface area contributed by atoms with Crippen LogP contribution >= 0.6 is 11.6 Å². The summed E-state index contributed by atoms with van der Waals surface area (Å²) in [6, 6.07) is 21.0. The highest BCUT2D eigenvalue weighted by atomic mass is 35.5. The van der Waals surface area contributed by atoms with Crippen molar-refractivity contribution in [3.05, 3.63) is 83.5 Å². The first-order chi connectivity index (χ1) is 13.2. The van der Waals surface area contributed by atoms with E-state index in [1.54, 1.807) is 23.2 Å². The van der Waals surface area contributed by atoms with Gasteiger partial charge >= 0.3 is 6.03 Å². The summed E-state index contributed by atoms with van der Waals surface area (Å²) in [6.07, 6.45) is 1.76. The Bertz CT molecular complexity index is 948. The van der Waals surface area contributed by atoms with Crippen LogP contribution in [0, 0.1) is 0 Å². The van der Waals surface area contributed by atoms with Gasteiger partial charge in [0, 0.05) is 25.8 Å². The monoisotopic (exact) mass is 378 g/mol. The third kappa shape index (κ3) is 3.73. The summed E-state index contributed by atoms with van der Waals surface area (Å²) in [5.41, 5.74) is 2.61. The van der Waals surface area contributed by atoms with Crippen LogP contribution in [0.3, 0.4) is 0 Å². The molecule has 27 heavy (non-hydrogen) atoms. The first-order valence-corrected chi connectivity index (χ1v) is 9.17. The highest BCUT2D eigenvalue weighted by molar-refractivity contribution is 6.33. The Morgan fingerprint density at radius 1 is 1.00 bits per heavy atom. The number of anilines is 3. The largest absolute Gasteiger partial charge is 0.349 e. The molecule has 6 heteroatoms. The quantitative estimate of drug-likeness (QED) is 0.712.